The second-order valence-electron chi connectivity index (χ2n) is 4.80. The maximum absolute atomic E-state index is 13.6. The third kappa shape index (κ3) is 3.81. The second-order valence-corrected chi connectivity index (χ2v) is 5.19. The number of rotatable bonds is 3. The molecule has 0 saturated carbocycles. The van der Waals surface area contributed by atoms with Gasteiger partial charge in [-0.05, 0) is 20.5 Å². The lowest BCUT2D eigenvalue weighted by atomic mass is 10.2. The van der Waals surface area contributed by atoms with E-state index in [-0.39, 0.29) is 16.9 Å². The minimum atomic E-state index is -0.477. The van der Waals surface area contributed by atoms with E-state index in [1.807, 2.05) is 25.0 Å². The molecule has 0 bridgehead atoms. The van der Waals surface area contributed by atoms with Gasteiger partial charge in [0.25, 0.3) is 0 Å². The molecular weight excluding hydrogens is 291 g/mol. The first-order valence-electron chi connectivity index (χ1n) is 6.55. The van der Waals surface area contributed by atoms with Gasteiger partial charge in [0.05, 0.1) is 17.3 Å². The molecule has 2 aromatic rings. The molecule has 0 N–H and O–H groups in total. The number of aromatic nitrogens is 3. The van der Waals surface area contributed by atoms with Crippen molar-refractivity contribution in [1.82, 2.24) is 19.7 Å². The van der Waals surface area contributed by atoms with E-state index in [2.05, 4.69) is 33.7 Å². The molecule has 110 valence electrons. The van der Waals surface area contributed by atoms with Crippen molar-refractivity contribution in [2.75, 3.05) is 14.1 Å². The largest absolute Gasteiger partial charge is 0.288 e. The molecule has 1 unspecified atom stereocenters. The van der Waals surface area contributed by atoms with Gasteiger partial charge in [0, 0.05) is 18.5 Å². The Kier molecular flexibility index (Phi) is 4.94. The van der Waals surface area contributed by atoms with Crippen LogP contribution >= 0.6 is 11.6 Å². The lowest BCUT2D eigenvalue weighted by Gasteiger charge is -2.22. The maximum Gasteiger partial charge on any atom is 0.143 e. The SMILES string of the molecule is CCC(N(C)C)n1cc(C#Cc2cnc(Cl)cc2F)cn1. The molecule has 0 saturated heterocycles. The molecule has 1 atom stereocenters. The topological polar surface area (TPSA) is 34.0 Å². The van der Waals surface area contributed by atoms with Crippen LogP contribution < -0.4 is 0 Å². The van der Waals surface area contributed by atoms with E-state index in [0.29, 0.717) is 0 Å². The molecule has 0 aromatic carbocycles. The molecule has 4 nitrogen and oxygen atoms in total. The summed E-state index contributed by atoms with van der Waals surface area (Å²) in [5.41, 5.74) is 0.941. The van der Waals surface area contributed by atoms with Crippen molar-refractivity contribution in [3.63, 3.8) is 0 Å². The highest BCUT2D eigenvalue weighted by Crippen LogP contribution is 2.14. The van der Waals surface area contributed by atoms with Gasteiger partial charge in [0.2, 0.25) is 0 Å². The summed E-state index contributed by atoms with van der Waals surface area (Å²) in [5.74, 6) is 5.15. The molecule has 0 aliphatic heterocycles. The van der Waals surface area contributed by atoms with Gasteiger partial charge in [0.1, 0.15) is 17.1 Å². The fraction of sp³-hybridized carbons (Fsp3) is 0.333. The van der Waals surface area contributed by atoms with Crippen LogP contribution in [0.25, 0.3) is 0 Å². The third-order valence-corrected chi connectivity index (χ3v) is 3.24. The van der Waals surface area contributed by atoms with Crippen LogP contribution in [0.1, 0.15) is 30.6 Å². The van der Waals surface area contributed by atoms with Crippen LogP contribution in [0.2, 0.25) is 5.15 Å². The van der Waals surface area contributed by atoms with Crippen LogP contribution in [0.5, 0.6) is 0 Å². The highest BCUT2D eigenvalue weighted by Gasteiger charge is 2.11. The molecule has 0 aliphatic carbocycles. The van der Waals surface area contributed by atoms with Gasteiger partial charge in [-0.1, -0.05) is 30.4 Å². The Labute approximate surface area is 128 Å². The predicted molar refractivity (Wildman–Crippen MR) is 80.4 cm³/mol. The first-order chi connectivity index (χ1) is 10.0. The number of nitrogens with zero attached hydrogens (tertiary/aromatic N) is 4. The highest BCUT2D eigenvalue weighted by atomic mass is 35.5. The molecule has 21 heavy (non-hydrogen) atoms. The highest BCUT2D eigenvalue weighted by molar-refractivity contribution is 6.29. The average Bonchev–Trinajstić information content (AvgIpc) is 2.87. The van der Waals surface area contributed by atoms with Gasteiger partial charge in [-0.3, -0.25) is 9.58 Å². The van der Waals surface area contributed by atoms with Gasteiger partial charge in [-0.2, -0.15) is 5.10 Å². The number of hydrogen-bond acceptors (Lipinski definition) is 3. The Balaban J connectivity index is 2.22. The molecule has 2 heterocycles. The quantitative estimate of drug-likeness (QED) is 0.646. The molecule has 0 spiro atoms. The first kappa shape index (κ1) is 15.5. The second kappa shape index (κ2) is 6.70. The van der Waals surface area contributed by atoms with Crippen molar-refractivity contribution < 1.29 is 4.39 Å². The van der Waals surface area contributed by atoms with Gasteiger partial charge in [-0.15, -0.1) is 0 Å². The Morgan fingerprint density at radius 3 is 2.76 bits per heavy atom. The molecular formula is C15H16ClFN4. The smallest absolute Gasteiger partial charge is 0.143 e. The van der Waals surface area contributed by atoms with Crippen LogP contribution in [0.15, 0.2) is 24.7 Å². The van der Waals surface area contributed by atoms with E-state index < -0.39 is 5.82 Å². The Morgan fingerprint density at radius 2 is 2.14 bits per heavy atom. The number of halogens is 2. The number of hydrogen-bond donors (Lipinski definition) is 0. The summed E-state index contributed by atoms with van der Waals surface area (Å²) in [5, 5.41) is 4.41. The lowest BCUT2D eigenvalue weighted by Crippen LogP contribution is -2.25. The summed E-state index contributed by atoms with van der Waals surface area (Å²) >= 11 is 5.60. The first-order valence-corrected chi connectivity index (χ1v) is 6.92. The molecule has 0 fully saturated rings. The summed E-state index contributed by atoms with van der Waals surface area (Å²) in [6.07, 6.45) is 5.94. The lowest BCUT2D eigenvalue weighted by molar-refractivity contribution is 0.193. The summed E-state index contributed by atoms with van der Waals surface area (Å²) in [6, 6.07) is 1.15. The summed E-state index contributed by atoms with van der Waals surface area (Å²) in [7, 11) is 3.99. The van der Waals surface area contributed by atoms with Gasteiger partial charge >= 0.3 is 0 Å². The monoisotopic (exact) mass is 306 g/mol. The fourth-order valence-corrected chi connectivity index (χ4v) is 2.14. The average molecular weight is 307 g/mol. The Bertz CT molecular complexity index is 684. The van der Waals surface area contributed by atoms with E-state index in [0.717, 1.165) is 18.1 Å². The maximum atomic E-state index is 13.6. The zero-order chi connectivity index (χ0) is 15.4. The van der Waals surface area contributed by atoms with Gasteiger partial charge < -0.3 is 0 Å². The standard InChI is InChI=1S/C15H16ClFN4/c1-4-15(20(2)3)21-10-11(8-19-21)5-6-12-9-18-14(16)7-13(12)17/h7-10,15H,4H2,1-3H3. The van der Waals surface area contributed by atoms with Crippen LogP contribution in [0.4, 0.5) is 4.39 Å². The van der Waals surface area contributed by atoms with Crippen molar-refractivity contribution in [2.45, 2.75) is 19.5 Å². The van der Waals surface area contributed by atoms with Crippen molar-refractivity contribution in [2.24, 2.45) is 0 Å². The predicted octanol–water partition coefficient (Wildman–Crippen LogP) is 2.94. The van der Waals surface area contributed by atoms with Crippen molar-refractivity contribution >= 4 is 11.6 Å². The van der Waals surface area contributed by atoms with Crippen LogP contribution in [-0.4, -0.2) is 33.8 Å². The Hall–Kier alpha value is -1.90. The van der Waals surface area contributed by atoms with E-state index in [9.17, 15) is 4.39 Å². The minimum Gasteiger partial charge on any atom is -0.288 e. The number of pyridine rings is 1. The summed E-state index contributed by atoms with van der Waals surface area (Å²) in [4.78, 5) is 5.89. The molecule has 6 heteroatoms. The van der Waals surface area contributed by atoms with Gasteiger partial charge in [0.15, 0.2) is 0 Å². The van der Waals surface area contributed by atoms with Crippen LogP contribution in [0.3, 0.4) is 0 Å². The van der Waals surface area contributed by atoms with Crippen LogP contribution in [0, 0.1) is 17.7 Å². The van der Waals surface area contributed by atoms with Crippen molar-refractivity contribution in [3.8, 4) is 11.8 Å². The van der Waals surface area contributed by atoms with Crippen molar-refractivity contribution in [1.29, 1.82) is 0 Å². The van der Waals surface area contributed by atoms with Crippen LogP contribution in [-0.2, 0) is 0 Å². The molecule has 2 aromatic heterocycles. The van der Waals surface area contributed by atoms with E-state index in [1.165, 1.54) is 6.20 Å². The summed E-state index contributed by atoms with van der Waals surface area (Å²) in [6.45, 7) is 2.09. The van der Waals surface area contributed by atoms with E-state index in [1.54, 1.807) is 6.20 Å². The minimum absolute atomic E-state index is 0.114. The van der Waals surface area contributed by atoms with E-state index >= 15 is 0 Å². The van der Waals surface area contributed by atoms with Gasteiger partial charge in [-0.25, -0.2) is 9.37 Å². The zero-order valence-corrected chi connectivity index (χ0v) is 12.9. The fourth-order valence-electron chi connectivity index (χ4n) is 1.99. The third-order valence-electron chi connectivity index (χ3n) is 3.03. The molecule has 0 aliphatic rings. The molecule has 0 amide bonds. The van der Waals surface area contributed by atoms with E-state index in [4.69, 9.17) is 11.6 Å². The molecule has 0 radical (unpaired) electrons. The Morgan fingerprint density at radius 1 is 1.38 bits per heavy atom. The van der Waals surface area contributed by atoms with Crippen molar-refractivity contribution in [3.05, 3.63) is 46.8 Å². The molecule has 2 rings (SSSR count). The summed E-state index contributed by atoms with van der Waals surface area (Å²) < 4.78 is 15.4. The zero-order valence-electron chi connectivity index (χ0n) is 12.1. The normalized spacial score (nSPS) is 12.1.